The number of rotatable bonds is 6. The molecule has 0 bridgehead atoms. The molecule has 0 fully saturated rings. The van der Waals surface area contributed by atoms with Crippen molar-refractivity contribution in [1.82, 2.24) is 4.90 Å². The van der Waals surface area contributed by atoms with Crippen molar-refractivity contribution in [3.8, 4) is 5.75 Å². The largest absolute Gasteiger partial charge is 0.490 e. The van der Waals surface area contributed by atoms with Crippen LogP contribution in [0.2, 0.25) is 0 Å². The third-order valence-corrected chi connectivity index (χ3v) is 4.72. The number of para-hydroxylation sites is 1. The lowest BCUT2D eigenvalue weighted by Gasteiger charge is -2.35. The number of carbonyl (C=O) groups excluding carboxylic acids is 1. The summed E-state index contributed by atoms with van der Waals surface area (Å²) < 4.78 is 24.7. The molecule has 4 nitrogen and oxygen atoms in total. The van der Waals surface area contributed by atoms with Crippen molar-refractivity contribution in [1.29, 1.82) is 0 Å². The molecule has 2 aromatic carbocycles. The molecular weight excluding hydrogens is 333 g/mol. The van der Waals surface area contributed by atoms with Crippen molar-refractivity contribution < 1.29 is 18.7 Å². The number of ether oxygens (including phenoxy) is 2. The molecule has 138 valence electrons. The molecule has 0 unspecified atom stereocenters. The van der Waals surface area contributed by atoms with Crippen molar-refractivity contribution in [3.63, 3.8) is 0 Å². The second-order valence-corrected chi connectivity index (χ2v) is 6.31. The van der Waals surface area contributed by atoms with E-state index >= 15 is 0 Å². The van der Waals surface area contributed by atoms with E-state index in [1.165, 1.54) is 12.1 Å². The molecule has 0 spiro atoms. The van der Waals surface area contributed by atoms with Crippen LogP contribution in [0.4, 0.5) is 4.39 Å². The average molecular weight is 357 g/mol. The first-order valence-electron chi connectivity index (χ1n) is 9.00. The molecule has 5 heteroatoms. The number of fused-ring (bicyclic) bond motifs is 1. The van der Waals surface area contributed by atoms with E-state index in [1.807, 2.05) is 32.0 Å². The van der Waals surface area contributed by atoms with Crippen LogP contribution in [-0.4, -0.2) is 37.2 Å². The van der Waals surface area contributed by atoms with E-state index in [4.69, 9.17) is 9.47 Å². The van der Waals surface area contributed by atoms with Gasteiger partial charge in [0.1, 0.15) is 18.2 Å². The molecule has 1 amide bonds. The van der Waals surface area contributed by atoms with E-state index in [9.17, 15) is 9.18 Å². The van der Waals surface area contributed by atoms with Gasteiger partial charge in [-0.2, -0.15) is 0 Å². The fourth-order valence-electron chi connectivity index (χ4n) is 3.34. The lowest BCUT2D eigenvalue weighted by Crippen LogP contribution is -2.39. The van der Waals surface area contributed by atoms with Gasteiger partial charge in [-0.25, -0.2) is 4.39 Å². The molecule has 1 aliphatic rings. The summed E-state index contributed by atoms with van der Waals surface area (Å²) in [4.78, 5) is 14.9. The Hall–Kier alpha value is -2.40. The summed E-state index contributed by atoms with van der Waals surface area (Å²) in [6.45, 7) is 5.97. The first-order chi connectivity index (χ1) is 12.6. The molecule has 1 aliphatic heterocycles. The van der Waals surface area contributed by atoms with Gasteiger partial charge in [-0.3, -0.25) is 4.79 Å². The second kappa shape index (κ2) is 8.32. The highest BCUT2D eigenvalue weighted by Gasteiger charge is 2.29. The summed E-state index contributed by atoms with van der Waals surface area (Å²) in [6.07, 6.45) is 0.721. The van der Waals surface area contributed by atoms with E-state index in [2.05, 4.69) is 0 Å². The van der Waals surface area contributed by atoms with Crippen LogP contribution in [0.25, 0.3) is 0 Å². The molecule has 0 radical (unpaired) electrons. The number of amides is 1. The highest BCUT2D eigenvalue weighted by atomic mass is 19.1. The third-order valence-electron chi connectivity index (χ3n) is 4.72. The zero-order chi connectivity index (χ0) is 18.5. The highest BCUT2D eigenvalue weighted by molar-refractivity contribution is 5.97. The molecule has 0 saturated heterocycles. The first-order valence-corrected chi connectivity index (χ1v) is 9.00. The van der Waals surface area contributed by atoms with E-state index in [-0.39, 0.29) is 17.8 Å². The lowest BCUT2D eigenvalue weighted by molar-refractivity contribution is 0.0668. The topological polar surface area (TPSA) is 38.8 Å². The molecule has 0 saturated carbocycles. The smallest absolute Gasteiger partial charge is 0.258 e. The molecule has 0 aromatic heterocycles. The van der Waals surface area contributed by atoms with Gasteiger partial charge >= 0.3 is 0 Å². The van der Waals surface area contributed by atoms with E-state index in [1.54, 1.807) is 17.0 Å². The van der Waals surface area contributed by atoms with Crippen molar-refractivity contribution in [2.75, 3.05) is 26.4 Å². The van der Waals surface area contributed by atoms with Gasteiger partial charge < -0.3 is 14.4 Å². The molecule has 2 aromatic rings. The molecule has 0 aliphatic carbocycles. The third kappa shape index (κ3) is 3.88. The Balaban J connectivity index is 1.79. The maximum absolute atomic E-state index is 13.7. The van der Waals surface area contributed by atoms with E-state index < -0.39 is 0 Å². The maximum Gasteiger partial charge on any atom is 0.258 e. The van der Waals surface area contributed by atoms with Crippen LogP contribution < -0.4 is 4.74 Å². The summed E-state index contributed by atoms with van der Waals surface area (Å²) in [5, 5.41) is 0. The molecule has 1 heterocycles. The van der Waals surface area contributed by atoms with Gasteiger partial charge in [0.2, 0.25) is 0 Å². The minimum atomic E-state index is -0.274. The van der Waals surface area contributed by atoms with Crippen molar-refractivity contribution in [2.45, 2.75) is 26.3 Å². The predicted molar refractivity (Wildman–Crippen MR) is 98.0 cm³/mol. The van der Waals surface area contributed by atoms with Crippen molar-refractivity contribution in [2.24, 2.45) is 0 Å². The Morgan fingerprint density at radius 1 is 1.23 bits per heavy atom. The summed E-state index contributed by atoms with van der Waals surface area (Å²) >= 11 is 0. The van der Waals surface area contributed by atoms with Crippen LogP contribution in [-0.2, 0) is 11.2 Å². The number of hydrogen-bond acceptors (Lipinski definition) is 3. The molecule has 1 atom stereocenters. The number of benzene rings is 2. The summed E-state index contributed by atoms with van der Waals surface area (Å²) in [5.41, 5.74) is 2.50. The standard InChI is InChI=1S/C21H24FNO3/c1-3-25-12-13-26-20-7-5-4-6-18(20)21(24)23-11-10-16-8-9-17(22)14-19(16)15(23)2/h4-9,14-15H,3,10-13H2,1-2H3/t15-/m0/s1. The molecule has 0 N–H and O–H groups in total. The van der Waals surface area contributed by atoms with Crippen molar-refractivity contribution >= 4 is 5.91 Å². The van der Waals surface area contributed by atoms with Gasteiger partial charge in [0, 0.05) is 13.2 Å². The normalized spacial score (nSPS) is 16.3. The number of halogens is 1. The SMILES string of the molecule is CCOCCOc1ccccc1C(=O)N1CCc2ccc(F)cc2[C@@H]1C. The van der Waals surface area contributed by atoms with Crippen molar-refractivity contribution in [3.05, 3.63) is 65.0 Å². The van der Waals surface area contributed by atoms with E-state index in [0.717, 1.165) is 17.5 Å². The highest BCUT2D eigenvalue weighted by Crippen LogP contribution is 2.32. The van der Waals surface area contributed by atoms with Crippen LogP contribution in [0.5, 0.6) is 5.75 Å². The van der Waals surface area contributed by atoms with Crippen LogP contribution in [0.3, 0.4) is 0 Å². The Labute approximate surface area is 153 Å². The van der Waals surface area contributed by atoms with Gasteiger partial charge in [-0.05, 0) is 55.7 Å². The summed E-state index contributed by atoms with van der Waals surface area (Å²) in [6, 6.07) is 11.9. The van der Waals surface area contributed by atoms with Crippen LogP contribution in [0.15, 0.2) is 42.5 Å². The zero-order valence-electron chi connectivity index (χ0n) is 15.2. The average Bonchev–Trinajstić information content (AvgIpc) is 2.66. The minimum absolute atomic E-state index is 0.0978. The Morgan fingerprint density at radius 3 is 2.85 bits per heavy atom. The Kier molecular flexibility index (Phi) is 5.89. The van der Waals surface area contributed by atoms with Gasteiger partial charge in [-0.1, -0.05) is 18.2 Å². The Morgan fingerprint density at radius 2 is 2.04 bits per heavy atom. The monoisotopic (exact) mass is 357 g/mol. The van der Waals surface area contributed by atoms with E-state index in [0.29, 0.717) is 37.7 Å². The van der Waals surface area contributed by atoms with Crippen LogP contribution >= 0.6 is 0 Å². The quantitative estimate of drug-likeness (QED) is 0.734. The number of carbonyl (C=O) groups is 1. The minimum Gasteiger partial charge on any atom is -0.490 e. The summed E-state index contributed by atoms with van der Waals surface area (Å²) in [7, 11) is 0. The zero-order valence-corrected chi connectivity index (χ0v) is 15.2. The lowest BCUT2D eigenvalue weighted by atomic mass is 9.93. The van der Waals surface area contributed by atoms with Gasteiger partial charge in [-0.15, -0.1) is 0 Å². The summed E-state index contributed by atoms with van der Waals surface area (Å²) in [5.74, 6) is 0.179. The molecular formula is C21H24FNO3. The number of hydrogen-bond donors (Lipinski definition) is 0. The van der Waals surface area contributed by atoms with Crippen LogP contribution in [0, 0.1) is 5.82 Å². The fraction of sp³-hybridized carbons (Fsp3) is 0.381. The van der Waals surface area contributed by atoms with Crippen LogP contribution in [0.1, 0.15) is 41.4 Å². The predicted octanol–water partition coefficient (Wildman–Crippen LogP) is 4.00. The molecule has 26 heavy (non-hydrogen) atoms. The molecule has 3 rings (SSSR count). The second-order valence-electron chi connectivity index (χ2n) is 6.31. The number of nitrogens with zero attached hydrogens (tertiary/aromatic N) is 1. The van der Waals surface area contributed by atoms with Gasteiger partial charge in [0.25, 0.3) is 5.91 Å². The fourth-order valence-corrected chi connectivity index (χ4v) is 3.34. The Bertz CT molecular complexity index is 778. The first kappa shape index (κ1) is 18.4. The van der Waals surface area contributed by atoms with Gasteiger partial charge in [0.05, 0.1) is 18.2 Å². The maximum atomic E-state index is 13.7. The van der Waals surface area contributed by atoms with Gasteiger partial charge in [0.15, 0.2) is 0 Å².